The fraction of sp³-hybridized carbons (Fsp3) is 0.875. The Balaban J connectivity index is 1.79. The van der Waals surface area contributed by atoms with Crippen LogP contribution in [-0.4, -0.2) is 41.3 Å². The summed E-state index contributed by atoms with van der Waals surface area (Å²) in [5.74, 6) is 0. The molecule has 0 aromatic carbocycles. The summed E-state index contributed by atoms with van der Waals surface area (Å²) < 4.78 is 0. The number of β-amino-alcohol motifs (C(OH)–C–C–N with tert-alkyl or cyclic N) is 1. The van der Waals surface area contributed by atoms with Gasteiger partial charge in [-0.25, -0.2) is 4.79 Å². The van der Waals surface area contributed by atoms with Gasteiger partial charge in [0, 0.05) is 19.1 Å². The number of nitrogens with zero attached hydrogens (tertiary/aromatic N) is 1. The van der Waals surface area contributed by atoms with E-state index in [1.165, 1.54) is 0 Å². The molecule has 12 heavy (non-hydrogen) atoms. The van der Waals surface area contributed by atoms with Crippen LogP contribution in [0.5, 0.6) is 0 Å². The third-order valence-electron chi connectivity index (χ3n) is 2.36. The molecule has 68 valence electrons. The monoisotopic (exact) mass is 170 g/mol. The number of aliphatic hydroxyl groups is 1. The van der Waals surface area contributed by atoms with Gasteiger partial charge in [-0.1, -0.05) is 0 Å². The van der Waals surface area contributed by atoms with Crippen LogP contribution in [0.2, 0.25) is 0 Å². The molecule has 0 aromatic heterocycles. The molecule has 0 unspecified atom stereocenters. The lowest BCUT2D eigenvalue weighted by Gasteiger charge is -2.15. The van der Waals surface area contributed by atoms with Gasteiger partial charge < -0.3 is 15.3 Å². The maximum atomic E-state index is 11.3. The summed E-state index contributed by atoms with van der Waals surface area (Å²) in [5.41, 5.74) is 0. The molecule has 0 radical (unpaired) electrons. The van der Waals surface area contributed by atoms with Crippen LogP contribution in [0, 0.1) is 0 Å². The van der Waals surface area contributed by atoms with Crippen molar-refractivity contribution in [3.05, 3.63) is 0 Å². The van der Waals surface area contributed by atoms with Gasteiger partial charge >= 0.3 is 6.03 Å². The van der Waals surface area contributed by atoms with Gasteiger partial charge in [-0.3, -0.25) is 0 Å². The number of hydrogen-bond donors (Lipinski definition) is 2. The first kappa shape index (κ1) is 7.86. The highest BCUT2D eigenvalue weighted by atomic mass is 16.3. The van der Waals surface area contributed by atoms with Crippen LogP contribution in [0.3, 0.4) is 0 Å². The fourth-order valence-electron chi connectivity index (χ4n) is 1.42. The van der Waals surface area contributed by atoms with Crippen molar-refractivity contribution in [1.29, 1.82) is 0 Å². The number of carbonyl (C=O) groups is 1. The second-order valence-electron chi connectivity index (χ2n) is 3.61. The minimum atomic E-state index is -0.310. The predicted octanol–water partition coefficient (Wildman–Crippen LogP) is -0.0750. The first-order valence-electron chi connectivity index (χ1n) is 4.49. The van der Waals surface area contributed by atoms with Crippen LogP contribution >= 0.6 is 0 Å². The van der Waals surface area contributed by atoms with E-state index in [0.29, 0.717) is 19.1 Å². The lowest BCUT2D eigenvalue weighted by atomic mass is 10.3. The molecule has 1 heterocycles. The summed E-state index contributed by atoms with van der Waals surface area (Å²) in [5, 5.41) is 12.1. The van der Waals surface area contributed by atoms with E-state index in [1.807, 2.05) is 0 Å². The number of carbonyl (C=O) groups excluding carboxylic acids is 1. The Morgan fingerprint density at radius 2 is 2.17 bits per heavy atom. The number of urea groups is 1. The van der Waals surface area contributed by atoms with Crippen molar-refractivity contribution in [2.75, 3.05) is 13.1 Å². The minimum absolute atomic E-state index is 0.00551. The van der Waals surface area contributed by atoms with Gasteiger partial charge in [0.05, 0.1) is 6.10 Å². The molecular weight excluding hydrogens is 156 g/mol. The Kier molecular flexibility index (Phi) is 1.92. The van der Waals surface area contributed by atoms with Crippen LogP contribution in [0.4, 0.5) is 4.79 Å². The van der Waals surface area contributed by atoms with Gasteiger partial charge in [-0.15, -0.1) is 0 Å². The molecule has 2 amide bonds. The van der Waals surface area contributed by atoms with Gasteiger partial charge in [0.1, 0.15) is 0 Å². The summed E-state index contributed by atoms with van der Waals surface area (Å²) in [7, 11) is 0. The van der Waals surface area contributed by atoms with Crippen LogP contribution in [0.25, 0.3) is 0 Å². The second-order valence-corrected chi connectivity index (χ2v) is 3.61. The van der Waals surface area contributed by atoms with Crippen LogP contribution < -0.4 is 5.32 Å². The highest BCUT2D eigenvalue weighted by Gasteiger charge is 2.29. The minimum Gasteiger partial charge on any atom is -0.391 e. The lowest BCUT2D eigenvalue weighted by molar-refractivity contribution is 0.171. The Morgan fingerprint density at radius 1 is 1.42 bits per heavy atom. The van der Waals surface area contributed by atoms with Crippen molar-refractivity contribution in [2.45, 2.75) is 31.4 Å². The largest absolute Gasteiger partial charge is 0.391 e. The van der Waals surface area contributed by atoms with E-state index in [2.05, 4.69) is 5.32 Å². The van der Waals surface area contributed by atoms with E-state index < -0.39 is 0 Å². The van der Waals surface area contributed by atoms with Crippen LogP contribution in [-0.2, 0) is 0 Å². The van der Waals surface area contributed by atoms with Gasteiger partial charge in [0.2, 0.25) is 0 Å². The zero-order chi connectivity index (χ0) is 8.55. The van der Waals surface area contributed by atoms with Gasteiger partial charge in [0.15, 0.2) is 0 Å². The van der Waals surface area contributed by atoms with Crippen molar-refractivity contribution >= 4 is 6.03 Å². The number of likely N-dealkylation sites (tertiary alicyclic amines) is 1. The standard InChI is InChI=1S/C8H14N2O2/c11-7-3-4-10(5-7)8(12)9-6-1-2-6/h6-7,11H,1-5H2,(H,9,12)/t7-/m1/s1. The van der Waals surface area contributed by atoms with Crippen LogP contribution in [0.1, 0.15) is 19.3 Å². The molecule has 0 bridgehead atoms. The molecular formula is C8H14N2O2. The zero-order valence-electron chi connectivity index (χ0n) is 6.99. The smallest absolute Gasteiger partial charge is 0.317 e. The zero-order valence-corrected chi connectivity index (χ0v) is 6.99. The maximum Gasteiger partial charge on any atom is 0.317 e. The molecule has 2 rings (SSSR count). The first-order chi connectivity index (χ1) is 5.75. The van der Waals surface area contributed by atoms with E-state index in [-0.39, 0.29) is 12.1 Å². The molecule has 1 aliphatic carbocycles. The average Bonchev–Trinajstić information content (AvgIpc) is 2.72. The van der Waals surface area contributed by atoms with Crippen molar-refractivity contribution < 1.29 is 9.90 Å². The number of hydrogen-bond acceptors (Lipinski definition) is 2. The molecule has 4 heteroatoms. The molecule has 2 aliphatic rings. The second kappa shape index (κ2) is 2.94. The Morgan fingerprint density at radius 3 is 2.67 bits per heavy atom. The molecule has 0 spiro atoms. The first-order valence-corrected chi connectivity index (χ1v) is 4.49. The van der Waals surface area contributed by atoms with Crippen molar-refractivity contribution in [3.63, 3.8) is 0 Å². The quantitative estimate of drug-likeness (QED) is 0.578. The van der Waals surface area contributed by atoms with Gasteiger partial charge in [-0.2, -0.15) is 0 Å². The average molecular weight is 170 g/mol. The van der Waals surface area contributed by atoms with E-state index in [4.69, 9.17) is 0 Å². The fourth-order valence-corrected chi connectivity index (χ4v) is 1.42. The molecule has 0 aromatic rings. The summed E-state index contributed by atoms with van der Waals surface area (Å²) >= 11 is 0. The normalized spacial score (nSPS) is 29.1. The lowest BCUT2D eigenvalue weighted by Crippen LogP contribution is -2.39. The molecule has 2 fully saturated rings. The third-order valence-corrected chi connectivity index (χ3v) is 2.36. The van der Waals surface area contributed by atoms with E-state index in [0.717, 1.165) is 19.3 Å². The summed E-state index contributed by atoms with van der Waals surface area (Å²) in [6.45, 7) is 1.19. The SMILES string of the molecule is O=C(NC1CC1)N1CC[C@@H](O)C1. The Labute approximate surface area is 71.5 Å². The topological polar surface area (TPSA) is 52.6 Å². The van der Waals surface area contributed by atoms with E-state index in [9.17, 15) is 9.90 Å². The number of nitrogens with one attached hydrogen (secondary N) is 1. The molecule has 1 aliphatic heterocycles. The number of amides is 2. The van der Waals surface area contributed by atoms with E-state index in [1.54, 1.807) is 4.90 Å². The Hall–Kier alpha value is -0.770. The molecule has 2 N–H and O–H groups in total. The number of rotatable bonds is 1. The van der Waals surface area contributed by atoms with Crippen molar-refractivity contribution in [1.82, 2.24) is 10.2 Å². The third kappa shape index (κ3) is 1.69. The van der Waals surface area contributed by atoms with Crippen molar-refractivity contribution in [3.8, 4) is 0 Å². The molecule has 4 nitrogen and oxygen atoms in total. The van der Waals surface area contributed by atoms with Crippen molar-refractivity contribution in [2.24, 2.45) is 0 Å². The maximum absolute atomic E-state index is 11.3. The molecule has 1 saturated carbocycles. The summed E-state index contributed by atoms with van der Waals surface area (Å²) in [6, 6.07) is 0.407. The summed E-state index contributed by atoms with van der Waals surface area (Å²) in [6.07, 6.45) is 2.64. The predicted molar refractivity (Wildman–Crippen MR) is 43.8 cm³/mol. The Bertz CT molecular complexity index is 191. The molecule has 1 atom stereocenters. The van der Waals surface area contributed by atoms with Gasteiger partial charge in [0.25, 0.3) is 0 Å². The summed E-state index contributed by atoms with van der Waals surface area (Å²) in [4.78, 5) is 13.0. The van der Waals surface area contributed by atoms with Gasteiger partial charge in [-0.05, 0) is 19.3 Å². The highest BCUT2D eigenvalue weighted by Crippen LogP contribution is 2.19. The van der Waals surface area contributed by atoms with Crippen LogP contribution in [0.15, 0.2) is 0 Å². The molecule has 1 saturated heterocycles. The van der Waals surface area contributed by atoms with E-state index >= 15 is 0 Å². The number of aliphatic hydroxyl groups excluding tert-OH is 1. The highest BCUT2D eigenvalue weighted by molar-refractivity contribution is 5.75.